The van der Waals surface area contributed by atoms with Crippen molar-refractivity contribution in [1.82, 2.24) is 5.32 Å². The van der Waals surface area contributed by atoms with E-state index in [1.165, 1.54) is 7.11 Å². The zero-order valence-electron chi connectivity index (χ0n) is 11.4. The molecule has 1 aromatic rings. The number of aromatic hydroxyl groups is 1. The highest BCUT2D eigenvalue weighted by molar-refractivity contribution is 9.10. The number of rotatable bonds is 6. The Kier molecular flexibility index (Phi) is 6.31. The number of carbonyl (C=O) groups excluding carboxylic acids is 1. The Hall–Kier alpha value is -1.07. The molecule has 0 spiro atoms. The quantitative estimate of drug-likeness (QED) is 0.788. The van der Waals surface area contributed by atoms with Crippen LogP contribution in [0.25, 0.3) is 0 Å². The van der Waals surface area contributed by atoms with Crippen LogP contribution in [-0.2, 0) is 16.1 Å². The molecule has 2 atom stereocenters. The van der Waals surface area contributed by atoms with Crippen molar-refractivity contribution in [3.05, 3.63) is 28.2 Å². The van der Waals surface area contributed by atoms with Gasteiger partial charge >= 0.3 is 5.97 Å². The number of benzene rings is 1. The van der Waals surface area contributed by atoms with Crippen LogP contribution >= 0.6 is 15.9 Å². The number of hydrogen-bond acceptors (Lipinski definition) is 4. The first-order valence-corrected chi connectivity index (χ1v) is 7.07. The van der Waals surface area contributed by atoms with Crippen LogP contribution in [0.5, 0.6) is 5.75 Å². The summed E-state index contributed by atoms with van der Waals surface area (Å²) in [5.41, 5.74) is 0.988. The van der Waals surface area contributed by atoms with E-state index in [-0.39, 0.29) is 23.7 Å². The Labute approximate surface area is 122 Å². The second kappa shape index (κ2) is 7.50. The summed E-state index contributed by atoms with van der Waals surface area (Å²) in [5, 5.41) is 12.6. The number of phenolic OH excluding ortho intramolecular Hbond substituents is 1. The number of carbonyl (C=O) groups is 1. The molecule has 1 rings (SSSR count). The van der Waals surface area contributed by atoms with E-state index in [0.29, 0.717) is 11.0 Å². The molecule has 1 aromatic carbocycles. The summed E-state index contributed by atoms with van der Waals surface area (Å²) in [4.78, 5) is 11.7. The van der Waals surface area contributed by atoms with Crippen LogP contribution < -0.4 is 5.32 Å². The smallest absolute Gasteiger partial charge is 0.323 e. The molecule has 0 saturated heterocycles. The van der Waals surface area contributed by atoms with E-state index in [2.05, 4.69) is 21.2 Å². The van der Waals surface area contributed by atoms with Crippen LogP contribution in [0, 0.1) is 5.92 Å². The lowest BCUT2D eigenvalue weighted by molar-refractivity contribution is -0.144. The summed E-state index contributed by atoms with van der Waals surface area (Å²) < 4.78 is 5.46. The summed E-state index contributed by atoms with van der Waals surface area (Å²) in [5.74, 6) is 0.162. The zero-order valence-corrected chi connectivity index (χ0v) is 13.0. The minimum Gasteiger partial charge on any atom is -0.507 e. The summed E-state index contributed by atoms with van der Waals surface area (Å²) >= 11 is 3.27. The van der Waals surface area contributed by atoms with Gasteiger partial charge in [-0.15, -0.1) is 0 Å². The Balaban J connectivity index is 2.70. The first-order valence-electron chi connectivity index (χ1n) is 6.28. The minimum absolute atomic E-state index is 0.202. The van der Waals surface area contributed by atoms with Gasteiger partial charge in [-0.05, 0) is 39.5 Å². The van der Waals surface area contributed by atoms with Crippen molar-refractivity contribution in [2.75, 3.05) is 7.11 Å². The molecule has 0 bridgehead atoms. The summed E-state index contributed by atoms with van der Waals surface area (Å²) in [6, 6.07) is 4.95. The highest BCUT2D eigenvalue weighted by atomic mass is 79.9. The van der Waals surface area contributed by atoms with Gasteiger partial charge in [0.2, 0.25) is 0 Å². The molecular weight excluding hydrogens is 310 g/mol. The zero-order chi connectivity index (χ0) is 14.4. The highest BCUT2D eigenvalue weighted by Gasteiger charge is 2.24. The number of ether oxygens (including phenoxy) is 1. The molecule has 0 aromatic heterocycles. The van der Waals surface area contributed by atoms with Crippen LogP contribution in [0.3, 0.4) is 0 Å². The van der Waals surface area contributed by atoms with E-state index < -0.39 is 0 Å². The topological polar surface area (TPSA) is 58.6 Å². The second-order valence-corrected chi connectivity index (χ2v) is 5.41. The predicted octanol–water partition coefficient (Wildman–Crippen LogP) is 2.83. The molecule has 0 amide bonds. The van der Waals surface area contributed by atoms with Crippen LogP contribution in [-0.4, -0.2) is 24.2 Å². The van der Waals surface area contributed by atoms with Gasteiger partial charge < -0.3 is 15.2 Å². The van der Waals surface area contributed by atoms with Crippen molar-refractivity contribution >= 4 is 21.9 Å². The molecule has 0 radical (unpaired) electrons. The molecule has 0 fully saturated rings. The Morgan fingerprint density at radius 1 is 1.53 bits per heavy atom. The monoisotopic (exact) mass is 329 g/mol. The molecule has 0 heterocycles. The minimum atomic E-state index is -0.317. The lowest BCUT2D eigenvalue weighted by Gasteiger charge is -2.22. The Bertz CT molecular complexity index is 437. The molecule has 4 nitrogen and oxygen atoms in total. The molecule has 0 aliphatic carbocycles. The maximum atomic E-state index is 11.7. The van der Waals surface area contributed by atoms with Crippen LogP contribution in [0.2, 0.25) is 0 Å². The van der Waals surface area contributed by atoms with Gasteiger partial charge in [0.25, 0.3) is 0 Å². The van der Waals surface area contributed by atoms with Gasteiger partial charge in [0.15, 0.2) is 0 Å². The number of methoxy groups -OCH3 is 1. The largest absolute Gasteiger partial charge is 0.507 e. The molecule has 5 heteroatoms. The van der Waals surface area contributed by atoms with E-state index in [9.17, 15) is 9.90 Å². The van der Waals surface area contributed by atoms with E-state index in [4.69, 9.17) is 4.74 Å². The number of halogens is 1. The molecule has 0 aliphatic heterocycles. The Morgan fingerprint density at radius 2 is 2.21 bits per heavy atom. The molecule has 2 unspecified atom stereocenters. The average Bonchev–Trinajstić information content (AvgIpc) is 2.42. The third-order valence-electron chi connectivity index (χ3n) is 3.21. The maximum Gasteiger partial charge on any atom is 0.323 e. The summed E-state index contributed by atoms with van der Waals surface area (Å²) in [7, 11) is 1.40. The number of nitrogens with one attached hydrogen (secondary N) is 1. The van der Waals surface area contributed by atoms with Crippen LogP contribution in [0.4, 0.5) is 0 Å². The first kappa shape index (κ1) is 16.0. The van der Waals surface area contributed by atoms with E-state index in [1.54, 1.807) is 6.07 Å². The van der Waals surface area contributed by atoms with Crippen molar-refractivity contribution < 1.29 is 14.6 Å². The second-order valence-electron chi connectivity index (χ2n) is 4.55. The van der Waals surface area contributed by atoms with Gasteiger partial charge in [0, 0.05) is 6.54 Å². The fourth-order valence-corrected chi connectivity index (χ4v) is 2.19. The lowest BCUT2D eigenvalue weighted by Crippen LogP contribution is -2.42. The Morgan fingerprint density at radius 3 is 2.74 bits per heavy atom. The van der Waals surface area contributed by atoms with E-state index >= 15 is 0 Å². The van der Waals surface area contributed by atoms with Crippen molar-refractivity contribution in [3.8, 4) is 5.75 Å². The van der Waals surface area contributed by atoms with Gasteiger partial charge in [0.1, 0.15) is 11.8 Å². The van der Waals surface area contributed by atoms with Crippen molar-refractivity contribution in [3.63, 3.8) is 0 Å². The third kappa shape index (κ3) is 4.51. The fourth-order valence-electron chi connectivity index (χ4n) is 1.77. The molecule has 0 aliphatic rings. The van der Waals surface area contributed by atoms with Crippen molar-refractivity contribution in [1.29, 1.82) is 0 Å². The number of esters is 1. The van der Waals surface area contributed by atoms with Gasteiger partial charge in [-0.25, -0.2) is 0 Å². The maximum absolute atomic E-state index is 11.7. The van der Waals surface area contributed by atoms with Crippen LogP contribution in [0.15, 0.2) is 22.7 Å². The number of phenols is 1. The lowest BCUT2D eigenvalue weighted by atomic mass is 9.99. The SMILES string of the molecule is CCC(C)C(NCc1ccc(O)c(Br)c1)C(=O)OC. The molecule has 2 N–H and O–H groups in total. The van der Waals surface area contributed by atoms with Crippen molar-refractivity contribution in [2.24, 2.45) is 5.92 Å². The van der Waals surface area contributed by atoms with Gasteiger partial charge in [-0.3, -0.25) is 4.79 Å². The highest BCUT2D eigenvalue weighted by Crippen LogP contribution is 2.24. The molecular formula is C14H20BrNO3. The molecule has 19 heavy (non-hydrogen) atoms. The van der Waals surface area contributed by atoms with Gasteiger partial charge in [0.05, 0.1) is 11.6 Å². The average molecular weight is 330 g/mol. The third-order valence-corrected chi connectivity index (χ3v) is 3.84. The fraction of sp³-hybridized carbons (Fsp3) is 0.500. The summed E-state index contributed by atoms with van der Waals surface area (Å²) in [6.07, 6.45) is 0.895. The predicted molar refractivity (Wildman–Crippen MR) is 77.9 cm³/mol. The molecule has 0 saturated carbocycles. The molecule has 106 valence electrons. The van der Waals surface area contributed by atoms with E-state index in [0.717, 1.165) is 12.0 Å². The summed E-state index contributed by atoms with van der Waals surface area (Å²) in [6.45, 7) is 4.60. The normalized spacial score (nSPS) is 13.9. The number of hydrogen-bond donors (Lipinski definition) is 2. The standard InChI is InChI=1S/C14H20BrNO3/c1-4-9(2)13(14(18)19-3)16-8-10-5-6-12(17)11(15)7-10/h5-7,9,13,16-17H,4,8H2,1-3H3. The van der Waals surface area contributed by atoms with E-state index in [1.807, 2.05) is 26.0 Å². The van der Waals surface area contributed by atoms with Gasteiger partial charge in [-0.2, -0.15) is 0 Å². The first-order chi connectivity index (χ1) is 8.99. The van der Waals surface area contributed by atoms with Gasteiger partial charge in [-0.1, -0.05) is 26.3 Å². The van der Waals surface area contributed by atoms with Crippen molar-refractivity contribution in [2.45, 2.75) is 32.9 Å². The van der Waals surface area contributed by atoms with Crippen LogP contribution in [0.1, 0.15) is 25.8 Å².